The van der Waals surface area contributed by atoms with E-state index in [2.05, 4.69) is 19.2 Å². The minimum atomic E-state index is -0.298. The lowest BCUT2D eigenvalue weighted by Crippen LogP contribution is -2.40. The highest BCUT2D eigenvalue weighted by Gasteiger charge is 2.26. The Kier molecular flexibility index (Phi) is 6.03. The first-order chi connectivity index (χ1) is 13.5. The number of carbonyl (C=O) groups excluding carboxylic acids is 2. The molecule has 148 valence electrons. The zero-order valence-electron chi connectivity index (χ0n) is 16.2. The van der Waals surface area contributed by atoms with Crippen LogP contribution in [0.5, 0.6) is 17.2 Å². The van der Waals surface area contributed by atoms with Gasteiger partial charge < -0.3 is 24.4 Å². The lowest BCUT2D eigenvalue weighted by molar-refractivity contribution is -0.121. The average Bonchev–Trinajstić information content (AvgIpc) is 2.68. The third kappa shape index (κ3) is 4.73. The Labute approximate surface area is 164 Å². The maximum absolute atomic E-state index is 12.2. The smallest absolute Gasteiger partial charge is 0.265 e. The summed E-state index contributed by atoms with van der Waals surface area (Å²) in [6, 6.07) is 12.3. The molecule has 28 heavy (non-hydrogen) atoms. The van der Waals surface area contributed by atoms with Crippen LogP contribution >= 0.6 is 0 Å². The van der Waals surface area contributed by atoms with Crippen LogP contribution in [0.15, 0.2) is 42.5 Å². The van der Waals surface area contributed by atoms with Crippen molar-refractivity contribution in [3.8, 4) is 17.2 Å². The van der Waals surface area contributed by atoms with E-state index in [9.17, 15) is 9.59 Å². The Morgan fingerprint density at radius 3 is 2.75 bits per heavy atom. The molecule has 0 aromatic heterocycles. The molecular weight excluding hydrogens is 360 g/mol. The maximum Gasteiger partial charge on any atom is 0.265 e. The highest BCUT2D eigenvalue weighted by atomic mass is 16.5. The number of nitrogens with zero attached hydrogens (tertiary/aromatic N) is 1. The predicted octanol–water partition coefficient (Wildman–Crippen LogP) is 3.09. The highest BCUT2D eigenvalue weighted by Crippen LogP contribution is 2.35. The van der Waals surface area contributed by atoms with Crippen LogP contribution in [0.2, 0.25) is 0 Å². The van der Waals surface area contributed by atoms with Gasteiger partial charge in [-0.15, -0.1) is 0 Å². The number of hydrogen-bond acceptors (Lipinski definition) is 5. The summed E-state index contributed by atoms with van der Waals surface area (Å²) in [5, 5.41) is 2.78. The van der Waals surface area contributed by atoms with Gasteiger partial charge in [-0.3, -0.25) is 9.59 Å². The van der Waals surface area contributed by atoms with Crippen molar-refractivity contribution in [1.82, 2.24) is 0 Å². The van der Waals surface area contributed by atoms with Crippen LogP contribution in [0.1, 0.15) is 13.8 Å². The van der Waals surface area contributed by atoms with Crippen molar-refractivity contribution in [3.63, 3.8) is 0 Å². The molecule has 2 amide bonds. The second-order valence-corrected chi connectivity index (χ2v) is 6.89. The molecule has 0 bridgehead atoms. The Morgan fingerprint density at radius 1 is 1.21 bits per heavy atom. The molecule has 1 N–H and O–H groups in total. The largest absolute Gasteiger partial charge is 0.497 e. The van der Waals surface area contributed by atoms with E-state index >= 15 is 0 Å². The van der Waals surface area contributed by atoms with Crippen LogP contribution in [0, 0.1) is 5.92 Å². The minimum absolute atomic E-state index is 0.00390. The lowest BCUT2D eigenvalue weighted by Gasteiger charge is -2.31. The molecule has 0 saturated carbocycles. The van der Waals surface area contributed by atoms with E-state index in [4.69, 9.17) is 14.2 Å². The third-order valence-corrected chi connectivity index (χ3v) is 4.15. The standard InChI is InChI=1S/C21H24N2O5/c1-14(2)11-23-18-8-7-15(9-19(18)28-13-21(23)25)22-20(24)12-27-17-6-4-5-16(10-17)26-3/h4-10,14H,11-13H2,1-3H3,(H,22,24). The molecule has 0 aliphatic carbocycles. The molecular formula is C21H24N2O5. The third-order valence-electron chi connectivity index (χ3n) is 4.15. The number of amides is 2. The number of ether oxygens (including phenoxy) is 3. The SMILES string of the molecule is COc1cccc(OCC(=O)Nc2ccc3c(c2)OCC(=O)N3CC(C)C)c1. The fraction of sp³-hybridized carbons (Fsp3) is 0.333. The Balaban J connectivity index is 1.63. The van der Waals surface area contributed by atoms with Crippen molar-refractivity contribution in [3.05, 3.63) is 42.5 Å². The van der Waals surface area contributed by atoms with Crippen LogP contribution in [-0.4, -0.2) is 38.7 Å². The molecule has 0 radical (unpaired) electrons. The van der Waals surface area contributed by atoms with Crippen LogP contribution in [0.3, 0.4) is 0 Å². The summed E-state index contributed by atoms with van der Waals surface area (Å²) in [5.41, 5.74) is 1.30. The van der Waals surface area contributed by atoms with Gasteiger partial charge in [0.15, 0.2) is 13.2 Å². The van der Waals surface area contributed by atoms with Crippen molar-refractivity contribution in [1.29, 1.82) is 0 Å². The Morgan fingerprint density at radius 2 is 2.00 bits per heavy atom. The van der Waals surface area contributed by atoms with Crippen molar-refractivity contribution in [2.24, 2.45) is 5.92 Å². The van der Waals surface area contributed by atoms with Gasteiger partial charge in [-0.05, 0) is 30.2 Å². The zero-order chi connectivity index (χ0) is 20.1. The van der Waals surface area contributed by atoms with Crippen LogP contribution in [0.25, 0.3) is 0 Å². The van der Waals surface area contributed by atoms with Crippen molar-refractivity contribution in [2.75, 3.05) is 37.1 Å². The van der Waals surface area contributed by atoms with Gasteiger partial charge in [0.25, 0.3) is 11.8 Å². The lowest BCUT2D eigenvalue weighted by atomic mass is 10.1. The average molecular weight is 384 g/mol. The summed E-state index contributed by atoms with van der Waals surface area (Å²) in [6.45, 7) is 4.59. The van der Waals surface area contributed by atoms with Gasteiger partial charge in [-0.2, -0.15) is 0 Å². The highest BCUT2D eigenvalue weighted by molar-refractivity contribution is 5.99. The molecule has 1 aliphatic heterocycles. The number of rotatable bonds is 7. The molecule has 0 spiro atoms. The number of benzene rings is 2. The molecule has 2 aromatic rings. The maximum atomic E-state index is 12.2. The number of nitrogens with one attached hydrogen (secondary N) is 1. The summed E-state index contributed by atoms with van der Waals surface area (Å²) in [4.78, 5) is 26.0. The summed E-state index contributed by atoms with van der Waals surface area (Å²) in [6.07, 6.45) is 0. The molecule has 7 heteroatoms. The van der Waals surface area contributed by atoms with E-state index in [-0.39, 0.29) is 25.0 Å². The molecule has 1 heterocycles. The second kappa shape index (κ2) is 8.65. The van der Waals surface area contributed by atoms with Gasteiger partial charge in [-0.1, -0.05) is 19.9 Å². The summed E-state index contributed by atoms with van der Waals surface area (Å²) >= 11 is 0. The first-order valence-electron chi connectivity index (χ1n) is 9.10. The number of hydrogen-bond donors (Lipinski definition) is 1. The van der Waals surface area contributed by atoms with E-state index in [1.54, 1.807) is 54.5 Å². The number of fused-ring (bicyclic) bond motifs is 1. The zero-order valence-corrected chi connectivity index (χ0v) is 16.2. The summed E-state index contributed by atoms with van der Waals surface area (Å²) in [7, 11) is 1.57. The normalized spacial score (nSPS) is 13.0. The van der Waals surface area contributed by atoms with E-state index in [0.717, 1.165) is 5.69 Å². The van der Waals surface area contributed by atoms with E-state index in [0.29, 0.717) is 35.4 Å². The van der Waals surface area contributed by atoms with E-state index < -0.39 is 0 Å². The summed E-state index contributed by atoms with van der Waals surface area (Å²) in [5.74, 6) is 1.75. The molecule has 1 aliphatic rings. The molecule has 0 fully saturated rings. The Hall–Kier alpha value is -3.22. The fourth-order valence-corrected chi connectivity index (χ4v) is 2.88. The molecule has 7 nitrogen and oxygen atoms in total. The van der Waals surface area contributed by atoms with Crippen molar-refractivity contribution < 1.29 is 23.8 Å². The van der Waals surface area contributed by atoms with Gasteiger partial charge >= 0.3 is 0 Å². The topological polar surface area (TPSA) is 77.1 Å². The molecule has 0 unspecified atom stereocenters. The quantitative estimate of drug-likeness (QED) is 0.794. The van der Waals surface area contributed by atoms with Crippen LogP contribution < -0.4 is 24.4 Å². The van der Waals surface area contributed by atoms with E-state index in [1.165, 1.54) is 0 Å². The monoisotopic (exact) mass is 384 g/mol. The number of carbonyl (C=O) groups is 2. The van der Waals surface area contributed by atoms with Crippen molar-refractivity contribution in [2.45, 2.75) is 13.8 Å². The van der Waals surface area contributed by atoms with Gasteiger partial charge in [0.2, 0.25) is 0 Å². The second-order valence-electron chi connectivity index (χ2n) is 6.89. The van der Waals surface area contributed by atoms with Gasteiger partial charge in [0, 0.05) is 24.4 Å². The molecule has 0 atom stereocenters. The Bertz CT molecular complexity index is 866. The first kappa shape index (κ1) is 19.5. The van der Waals surface area contributed by atoms with Crippen LogP contribution in [0.4, 0.5) is 11.4 Å². The molecule has 0 saturated heterocycles. The van der Waals surface area contributed by atoms with Gasteiger partial charge in [0.05, 0.1) is 12.8 Å². The minimum Gasteiger partial charge on any atom is -0.497 e. The summed E-state index contributed by atoms with van der Waals surface area (Å²) < 4.78 is 16.2. The fourth-order valence-electron chi connectivity index (χ4n) is 2.88. The molecule has 3 rings (SSSR count). The van der Waals surface area contributed by atoms with Crippen LogP contribution in [-0.2, 0) is 9.59 Å². The number of methoxy groups -OCH3 is 1. The molecule has 2 aromatic carbocycles. The van der Waals surface area contributed by atoms with E-state index in [1.807, 2.05) is 0 Å². The van der Waals surface area contributed by atoms with Gasteiger partial charge in [-0.25, -0.2) is 0 Å². The number of anilines is 2. The predicted molar refractivity (Wildman–Crippen MR) is 106 cm³/mol. The van der Waals surface area contributed by atoms with Crippen molar-refractivity contribution >= 4 is 23.2 Å². The van der Waals surface area contributed by atoms with Gasteiger partial charge in [0.1, 0.15) is 17.2 Å². The first-order valence-corrected chi connectivity index (χ1v) is 9.10.